The van der Waals surface area contributed by atoms with Crippen molar-refractivity contribution < 1.29 is 33.8 Å². The fourth-order valence-corrected chi connectivity index (χ4v) is 2.67. The van der Waals surface area contributed by atoms with Crippen LogP contribution in [-0.2, 0) is 4.74 Å². The van der Waals surface area contributed by atoms with Gasteiger partial charge in [-0.3, -0.25) is 14.9 Å². The second-order valence-corrected chi connectivity index (χ2v) is 6.00. The molecule has 10 heteroatoms. The molecule has 1 aliphatic rings. The average molecular weight is 402 g/mol. The first kappa shape index (κ1) is 20.1. The minimum atomic E-state index is -0.903. The minimum Gasteiger partial charge on any atom is -0.486 e. The van der Waals surface area contributed by atoms with Crippen molar-refractivity contribution in [2.75, 3.05) is 38.3 Å². The smallest absolute Gasteiger partial charge is 0.340 e. The Morgan fingerprint density at radius 2 is 1.90 bits per heavy atom. The molecule has 1 heterocycles. The third-order valence-electron chi connectivity index (χ3n) is 4.06. The van der Waals surface area contributed by atoms with Gasteiger partial charge in [0.05, 0.1) is 17.1 Å². The van der Waals surface area contributed by atoms with Gasteiger partial charge in [0.1, 0.15) is 13.2 Å². The molecule has 0 bridgehead atoms. The normalized spacial score (nSPS) is 12.2. The van der Waals surface area contributed by atoms with Gasteiger partial charge in [-0.25, -0.2) is 4.79 Å². The maximum atomic E-state index is 12.4. The zero-order valence-electron chi connectivity index (χ0n) is 15.3. The van der Waals surface area contributed by atoms with Crippen LogP contribution in [0.15, 0.2) is 36.4 Å². The Labute approximate surface area is 165 Å². The molecule has 10 nitrogen and oxygen atoms in total. The largest absolute Gasteiger partial charge is 0.486 e. The number of hydrogen-bond acceptors (Lipinski definition) is 9. The monoisotopic (exact) mass is 402 g/mol. The number of nitrogens with zero attached hydrogens (tertiary/aromatic N) is 1. The molecule has 0 saturated heterocycles. The molecule has 152 valence electrons. The molecule has 0 atom stereocenters. The first-order chi connectivity index (χ1) is 14.0. The van der Waals surface area contributed by atoms with E-state index in [1.807, 2.05) is 0 Å². The Morgan fingerprint density at radius 3 is 2.62 bits per heavy atom. The van der Waals surface area contributed by atoms with Crippen molar-refractivity contribution >= 4 is 23.1 Å². The first-order valence-corrected chi connectivity index (χ1v) is 8.72. The average Bonchev–Trinajstić information content (AvgIpc) is 2.75. The lowest BCUT2D eigenvalue weighted by Crippen LogP contribution is -2.18. The quantitative estimate of drug-likeness (QED) is 0.293. The fraction of sp³-hybridized carbons (Fsp3) is 0.263. The number of Topliss-reactive ketones (excluding diaryl/α,β-unsaturated/α-hetero) is 1. The highest BCUT2D eigenvalue weighted by atomic mass is 16.6. The second kappa shape index (κ2) is 9.02. The summed E-state index contributed by atoms with van der Waals surface area (Å²) in [6, 6.07) is 8.25. The van der Waals surface area contributed by atoms with Gasteiger partial charge in [0, 0.05) is 29.9 Å². The number of rotatable bonds is 8. The fourth-order valence-electron chi connectivity index (χ4n) is 2.67. The van der Waals surface area contributed by atoms with E-state index in [0.717, 1.165) is 6.07 Å². The van der Waals surface area contributed by atoms with Gasteiger partial charge in [0.2, 0.25) is 0 Å². The summed E-state index contributed by atoms with van der Waals surface area (Å²) < 4.78 is 15.9. The molecule has 0 amide bonds. The second-order valence-electron chi connectivity index (χ2n) is 6.00. The van der Waals surface area contributed by atoms with Crippen LogP contribution in [0.25, 0.3) is 0 Å². The van der Waals surface area contributed by atoms with Crippen molar-refractivity contribution in [3.8, 4) is 11.5 Å². The van der Waals surface area contributed by atoms with Crippen molar-refractivity contribution in [1.82, 2.24) is 0 Å². The number of nitrogens with one attached hydrogen (secondary N) is 1. The number of carbonyl (C=O) groups excluding carboxylic acids is 2. The molecule has 2 aromatic rings. The molecular weight excluding hydrogens is 384 g/mol. The summed E-state index contributed by atoms with van der Waals surface area (Å²) in [5.74, 6) is -0.408. The van der Waals surface area contributed by atoms with Crippen LogP contribution in [0.4, 0.5) is 11.4 Å². The predicted molar refractivity (Wildman–Crippen MR) is 101 cm³/mol. The molecule has 2 aromatic carbocycles. The predicted octanol–water partition coefficient (Wildman–Crippen LogP) is 1.81. The SMILES string of the molecule is O=C(COC(=O)c1cc([N+](=O)[O-])ccc1NCCO)c1ccc2c(c1)OCCO2. The summed E-state index contributed by atoms with van der Waals surface area (Å²) in [6.07, 6.45) is 0. The lowest BCUT2D eigenvalue weighted by molar-refractivity contribution is -0.384. The minimum absolute atomic E-state index is 0.109. The van der Waals surface area contributed by atoms with Gasteiger partial charge < -0.3 is 24.6 Å². The number of hydrogen-bond donors (Lipinski definition) is 2. The highest BCUT2D eigenvalue weighted by Crippen LogP contribution is 2.31. The van der Waals surface area contributed by atoms with E-state index in [1.54, 1.807) is 6.07 Å². The van der Waals surface area contributed by atoms with Crippen LogP contribution in [0, 0.1) is 10.1 Å². The van der Waals surface area contributed by atoms with Crippen LogP contribution in [0.5, 0.6) is 11.5 Å². The Balaban J connectivity index is 1.71. The van der Waals surface area contributed by atoms with Crippen LogP contribution in [-0.4, -0.2) is 54.8 Å². The lowest BCUT2D eigenvalue weighted by atomic mass is 10.1. The number of benzene rings is 2. The van der Waals surface area contributed by atoms with E-state index in [9.17, 15) is 19.7 Å². The van der Waals surface area contributed by atoms with Crippen LogP contribution < -0.4 is 14.8 Å². The number of esters is 1. The van der Waals surface area contributed by atoms with Gasteiger partial charge in [-0.1, -0.05) is 0 Å². The van der Waals surface area contributed by atoms with Gasteiger partial charge in [0.15, 0.2) is 23.9 Å². The van der Waals surface area contributed by atoms with Gasteiger partial charge in [-0.05, 0) is 24.3 Å². The zero-order chi connectivity index (χ0) is 20.8. The van der Waals surface area contributed by atoms with E-state index in [4.69, 9.17) is 19.3 Å². The highest BCUT2D eigenvalue weighted by Gasteiger charge is 2.20. The number of carbonyl (C=O) groups is 2. The van der Waals surface area contributed by atoms with Crippen LogP contribution in [0.3, 0.4) is 0 Å². The number of nitro benzene ring substituents is 1. The lowest BCUT2D eigenvalue weighted by Gasteiger charge is -2.18. The number of nitro groups is 1. The third-order valence-corrected chi connectivity index (χ3v) is 4.06. The number of fused-ring (bicyclic) bond motifs is 1. The Bertz CT molecular complexity index is 944. The maximum absolute atomic E-state index is 12.4. The Hall–Kier alpha value is -3.66. The molecule has 29 heavy (non-hydrogen) atoms. The van der Waals surface area contributed by atoms with Gasteiger partial charge >= 0.3 is 5.97 Å². The molecule has 3 rings (SSSR count). The first-order valence-electron chi connectivity index (χ1n) is 8.72. The summed E-state index contributed by atoms with van der Waals surface area (Å²) in [4.78, 5) is 35.1. The zero-order valence-corrected chi connectivity index (χ0v) is 15.3. The number of ether oxygens (including phenoxy) is 3. The molecule has 0 radical (unpaired) electrons. The van der Waals surface area contributed by atoms with E-state index < -0.39 is 23.3 Å². The van der Waals surface area contributed by atoms with Gasteiger partial charge in [-0.2, -0.15) is 0 Å². The van der Waals surface area contributed by atoms with Crippen molar-refractivity contribution in [3.63, 3.8) is 0 Å². The van der Waals surface area contributed by atoms with Crippen LogP contribution >= 0.6 is 0 Å². The van der Waals surface area contributed by atoms with Crippen LogP contribution in [0.1, 0.15) is 20.7 Å². The number of aliphatic hydroxyl groups excluding tert-OH is 1. The molecule has 2 N–H and O–H groups in total. The van der Waals surface area contributed by atoms with E-state index in [1.165, 1.54) is 24.3 Å². The molecule has 0 aromatic heterocycles. The summed E-state index contributed by atoms with van der Waals surface area (Å²) in [5.41, 5.74) is 0.119. The number of anilines is 1. The molecule has 1 aliphatic heterocycles. The van der Waals surface area contributed by atoms with E-state index in [0.29, 0.717) is 24.7 Å². The van der Waals surface area contributed by atoms with Gasteiger partial charge in [-0.15, -0.1) is 0 Å². The number of ketones is 1. The summed E-state index contributed by atoms with van der Waals surface area (Å²) >= 11 is 0. The van der Waals surface area contributed by atoms with Crippen molar-refractivity contribution in [2.45, 2.75) is 0 Å². The number of aliphatic hydroxyl groups is 1. The molecule has 0 saturated carbocycles. The van der Waals surface area contributed by atoms with E-state index in [-0.39, 0.29) is 35.7 Å². The summed E-state index contributed by atoms with van der Waals surface area (Å²) in [5, 5.41) is 22.7. The summed E-state index contributed by atoms with van der Waals surface area (Å²) in [6.45, 7) is 0.173. The summed E-state index contributed by atoms with van der Waals surface area (Å²) in [7, 11) is 0. The molecular formula is C19H18N2O8. The number of non-ortho nitro benzene ring substituents is 1. The standard InChI is InChI=1S/C19H18N2O8/c22-6-5-20-15-3-2-13(21(25)26)10-14(15)19(24)29-11-16(23)12-1-4-17-18(9-12)28-8-7-27-17/h1-4,9-10,20,22H,5-8,11H2. The Kier molecular flexibility index (Phi) is 6.25. The third kappa shape index (κ3) is 4.79. The van der Waals surface area contributed by atoms with Crippen molar-refractivity contribution in [3.05, 3.63) is 57.6 Å². The molecule has 0 spiro atoms. The van der Waals surface area contributed by atoms with Crippen molar-refractivity contribution in [2.24, 2.45) is 0 Å². The maximum Gasteiger partial charge on any atom is 0.340 e. The molecule has 0 fully saturated rings. The van der Waals surface area contributed by atoms with E-state index >= 15 is 0 Å². The van der Waals surface area contributed by atoms with Gasteiger partial charge in [0.25, 0.3) is 5.69 Å². The molecule has 0 aliphatic carbocycles. The van der Waals surface area contributed by atoms with Crippen LogP contribution in [0.2, 0.25) is 0 Å². The highest BCUT2D eigenvalue weighted by molar-refractivity contribution is 6.01. The topological polar surface area (TPSA) is 137 Å². The van der Waals surface area contributed by atoms with Crippen molar-refractivity contribution in [1.29, 1.82) is 0 Å². The Morgan fingerprint density at radius 1 is 1.14 bits per heavy atom. The van der Waals surface area contributed by atoms with E-state index in [2.05, 4.69) is 5.32 Å². The molecule has 0 unspecified atom stereocenters.